The number of hydrogen-bond acceptors (Lipinski definition) is 3. The van der Waals surface area contributed by atoms with Gasteiger partial charge in [0, 0.05) is 12.1 Å². The van der Waals surface area contributed by atoms with Crippen molar-refractivity contribution in [3.63, 3.8) is 0 Å². The monoisotopic (exact) mass is 278 g/mol. The molecule has 1 amide bonds. The van der Waals surface area contributed by atoms with Crippen molar-refractivity contribution in [3.05, 3.63) is 29.8 Å². The van der Waals surface area contributed by atoms with Gasteiger partial charge in [-0.2, -0.15) is 0 Å². The molecular weight excluding hydrogens is 256 g/mol. The molecule has 0 heterocycles. The van der Waals surface area contributed by atoms with E-state index in [1.54, 1.807) is 26.0 Å². The van der Waals surface area contributed by atoms with Gasteiger partial charge in [0.1, 0.15) is 6.04 Å². The Bertz CT molecular complexity index is 469. The lowest BCUT2D eigenvalue weighted by molar-refractivity contribution is -0.143. The summed E-state index contributed by atoms with van der Waals surface area (Å²) in [6.07, 6.45) is 0.250. The van der Waals surface area contributed by atoms with Crippen LogP contribution in [0.3, 0.4) is 0 Å². The maximum atomic E-state index is 11.9. The number of amides is 1. The Morgan fingerprint density at radius 2 is 1.75 bits per heavy atom. The second-order valence-electron chi connectivity index (χ2n) is 5.40. The Morgan fingerprint density at radius 1 is 1.20 bits per heavy atom. The van der Waals surface area contributed by atoms with E-state index in [2.05, 4.69) is 5.32 Å². The molecule has 1 rings (SSSR count). The number of rotatable bonds is 6. The number of nitrogen functional groups attached to an aromatic ring is 1. The molecule has 4 N–H and O–H groups in total. The average Bonchev–Trinajstić information content (AvgIpc) is 2.35. The molecule has 2 atom stereocenters. The smallest absolute Gasteiger partial charge is 0.326 e. The van der Waals surface area contributed by atoms with Gasteiger partial charge >= 0.3 is 5.97 Å². The third-order valence-electron chi connectivity index (χ3n) is 3.25. The topological polar surface area (TPSA) is 92.4 Å². The first-order valence-corrected chi connectivity index (χ1v) is 6.69. The molecule has 0 fully saturated rings. The van der Waals surface area contributed by atoms with E-state index in [1.807, 2.05) is 19.1 Å². The van der Waals surface area contributed by atoms with Crippen LogP contribution in [0, 0.1) is 5.92 Å². The van der Waals surface area contributed by atoms with Gasteiger partial charge in [-0.05, 0) is 29.5 Å². The minimum Gasteiger partial charge on any atom is -0.480 e. The van der Waals surface area contributed by atoms with Crippen molar-refractivity contribution in [1.29, 1.82) is 0 Å². The summed E-state index contributed by atoms with van der Waals surface area (Å²) in [6, 6.07) is 6.49. The highest BCUT2D eigenvalue weighted by Gasteiger charge is 2.24. The fraction of sp³-hybridized carbons (Fsp3) is 0.467. The summed E-state index contributed by atoms with van der Waals surface area (Å²) in [5, 5.41) is 11.6. The third-order valence-corrected chi connectivity index (χ3v) is 3.25. The van der Waals surface area contributed by atoms with E-state index in [0.717, 1.165) is 5.56 Å². The lowest BCUT2D eigenvalue weighted by Crippen LogP contribution is -2.44. The molecule has 1 unspecified atom stereocenters. The summed E-state index contributed by atoms with van der Waals surface area (Å²) < 4.78 is 0. The van der Waals surface area contributed by atoms with Crippen LogP contribution in [0.1, 0.15) is 38.7 Å². The summed E-state index contributed by atoms with van der Waals surface area (Å²) in [6.45, 7) is 5.46. The zero-order valence-corrected chi connectivity index (χ0v) is 12.1. The number of carboxylic acids is 1. The largest absolute Gasteiger partial charge is 0.480 e. The minimum absolute atomic E-state index is 0.0113. The van der Waals surface area contributed by atoms with Crippen LogP contribution in [0.4, 0.5) is 5.69 Å². The van der Waals surface area contributed by atoms with Gasteiger partial charge in [0.15, 0.2) is 0 Å². The molecule has 0 radical (unpaired) electrons. The van der Waals surface area contributed by atoms with Gasteiger partial charge in [-0.15, -0.1) is 0 Å². The van der Waals surface area contributed by atoms with Crippen LogP contribution in [-0.2, 0) is 9.59 Å². The summed E-state index contributed by atoms with van der Waals surface area (Å²) in [5.74, 6) is -1.40. The molecule has 0 saturated heterocycles. The predicted molar refractivity (Wildman–Crippen MR) is 78.3 cm³/mol. The molecule has 0 saturated carbocycles. The number of carbonyl (C=O) groups excluding carboxylic acids is 1. The third kappa shape index (κ3) is 4.57. The van der Waals surface area contributed by atoms with Crippen molar-refractivity contribution in [2.45, 2.75) is 39.2 Å². The van der Waals surface area contributed by atoms with Crippen LogP contribution in [0.5, 0.6) is 0 Å². The number of anilines is 1. The zero-order chi connectivity index (χ0) is 15.3. The van der Waals surface area contributed by atoms with Crippen molar-refractivity contribution in [3.8, 4) is 0 Å². The lowest BCUT2D eigenvalue weighted by atomic mass is 9.96. The number of carboxylic acid groups (broad SMARTS) is 1. The molecule has 0 aliphatic rings. The molecule has 1 aromatic carbocycles. The maximum absolute atomic E-state index is 11.9. The standard InChI is InChI=1S/C15H22N2O3/c1-9(2)14(15(19)20)17-13(18)8-10(3)11-4-6-12(16)7-5-11/h4-7,9-10,14H,8,16H2,1-3H3,(H,17,18)(H,19,20)/t10?,14-/m0/s1. The van der Waals surface area contributed by atoms with Gasteiger partial charge in [0.2, 0.25) is 5.91 Å². The number of nitrogens with one attached hydrogen (secondary N) is 1. The Balaban J connectivity index is 2.61. The highest BCUT2D eigenvalue weighted by Crippen LogP contribution is 2.20. The van der Waals surface area contributed by atoms with Crippen LogP contribution in [0.25, 0.3) is 0 Å². The summed E-state index contributed by atoms with van der Waals surface area (Å²) in [4.78, 5) is 23.0. The average molecular weight is 278 g/mol. The van der Waals surface area contributed by atoms with E-state index in [1.165, 1.54) is 0 Å². The Kier molecular flexibility index (Phi) is 5.55. The number of carbonyl (C=O) groups is 2. The van der Waals surface area contributed by atoms with Gasteiger partial charge in [-0.25, -0.2) is 4.79 Å². The second-order valence-corrected chi connectivity index (χ2v) is 5.40. The van der Waals surface area contributed by atoms with Crippen LogP contribution in [0.15, 0.2) is 24.3 Å². The molecule has 0 bridgehead atoms. The van der Waals surface area contributed by atoms with E-state index >= 15 is 0 Å². The van der Waals surface area contributed by atoms with Crippen molar-refractivity contribution < 1.29 is 14.7 Å². The lowest BCUT2D eigenvalue weighted by Gasteiger charge is -2.19. The maximum Gasteiger partial charge on any atom is 0.326 e. The van der Waals surface area contributed by atoms with E-state index < -0.39 is 12.0 Å². The predicted octanol–water partition coefficient (Wildman–Crippen LogP) is 1.99. The minimum atomic E-state index is -1.01. The SMILES string of the molecule is CC(CC(=O)N[C@H](C(=O)O)C(C)C)c1ccc(N)cc1. The molecule has 0 aliphatic carbocycles. The number of nitrogens with two attached hydrogens (primary N) is 1. The van der Waals surface area contributed by atoms with Gasteiger partial charge < -0.3 is 16.2 Å². The van der Waals surface area contributed by atoms with Gasteiger partial charge in [-0.3, -0.25) is 4.79 Å². The molecule has 5 nitrogen and oxygen atoms in total. The van der Waals surface area contributed by atoms with Crippen LogP contribution in [-0.4, -0.2) is 23.0 Å². The van der Waals surface area contributed by atoms with Crippen LogP contribution < -0.4 is 11.1 Å². The van der Waals surface area contributed by atoms with E-state index in [-0.39, 0.29) is 24.2 Å². The van der Waals surface area contributed by atoms with Crippen molar-refractivity contribution in [2.75, 3.05) is 5.73 Å². The number of aliphatic carboxylic acids is 1. The Morgan fingerprint density at radius 3 is 2.20 bits per heavy atom. The fourth-order valence-electron chi connectivity index (χ4n) is 1.97. The van der Waals surface area contributed by atoms with E-state index in [0.29, 0.717) is 5.69 Å². The zero-order valence-electron chi connectivity index (χ0n) is 12.1. The molecular formula is C15H22N2O3. The summed E-state index contributed by atoms with van der Waals surface area (Å²) in [7, 11) is 0. The first-order valence-electron chi connectivity index (χ1n) is 6.69. The van der Waals surface area contributed by atoms with Crippen molar-refractivity contribution in [1.82, 2.24) is 5.32 Å². The molecule has 1 aromatic rings. The molecule has 0 spiro atoms. The Hall–Kier alpha value is -2.04. The summed E-state index contributed by atoms with van der Waals surface area (Å²) >= 11 is 0. The molecule has 0 aromatic heterocycles. The van der Waals surface area contributed by atoms with Gasteiger partial charge in [-0.1, -0.05) is 32.9 Å². The summed E-state index contributed by atoms with van der Waals surface area (Å²) in [5.41, 5.74) is 7.30. The van der Waals surface area contributed by atoms with Crippen molar-refractivity contribution in [2.24, 2.45) is 5.92 Å². The van der Waals surface area contributed by atoms with Crippen LogP contribution >= 0.6 is 0 Å². The number of benzene rings is 1. The molecule has 110 valence electrons. The molecule has 20 heavy (non-hydrogen) atoms. The quantitative estimate of drug-likeness (QED) is 0.694. The van der Waals surface area contributed by atoms with Gasteiger partial charge in [0.05, 0.1) is 0 Å². The van der Waals surface area contributed by atoms with Crippen LogP contribution in [0.2, 0.25) is 0 Å². The Labute approximate surface area is 119 Å². The first kappa shape index (κ1) is 16.0. The van der Waals surface area contributed by atoms with Crippen molar-refractivity contribution >= 4 is 17.6 Å². The number of hydrogen-bond donors (Lipinski definition) is 3. The van der Waals surface area contributed by atoms with E-state index in [9.17, 15) is 9.59 Å². The highest BCUT2D eigenvalue weighted by atomic mass is 16.4. The molecule has 0 aliphatic heterocycles. The van der Waals surface area contributed by atoms with Gasteiger partial charge in [0.25, 0.3) is 0 Å². The van der Waals surface area contributed by atoms with E-state index in [4.69, 9.17) is 10.8 Å². The second kappa shape index (κ2) is 6.93. The first-order chi connectivity index (χ1) is 9.31. The molecule has 5 heteroatoms. The normalized spacial score (nSPS) is 13.8. The fourth-order valence-corrected chi connectivity index (χ4v) is 1.97. The highest BCUT2D eigenvalue weighted by molar-refractivity contribution is 5.84.